The standard InChI is InChI=1S/C26H24ClN3O3/c1-14-17(27)5-4-6-18(14)30-19-10-26(2,3)11-20(31)24(19)23(16(12-28)25(30)29)15-7-8-21-22(9-15)33-13-32-21/h4-9,23H,10-11,13,29H2,1-3H3/t23-/m0/s1. The first-order chi connectivity index (χ1) is 15.7. The quantitative estimate of drug-likeness (QED) is 0.651. The predicted octanol–water partition coefficient (Wildman–Crippen LogP) is 5.32. The molecule has 0 saturated carbocycles. The van der Waals surface area contributed by atoms with E-state index in [1.807, 2.05) is 48.2 Å². The van der Waals surface area contributed by atoms with Gasteiger partial charge in [-0.15, -0.1) is 0 Å². The van der Waals surface area contributed by atoms with Crippen LogP contribution in [0.25, 0.3) is 0 Å². The van der Waals surface area contributed by atoms with E-state index in [1.165, 1.54) is 0 Å². The number of nitrogens with two attached hydrogens (primary N) is 1. The largest absolute Gasteiger partial charge is 0.454 e. The molecule has 1 aliphatic carbocycles. The summed E-state index contributed by atoms with van der Waals surface area (Å²) < 4.78 is 11.0. The molecule has 0 saturated heterocycles. The Balaban J connectivity index is 1.78. The van der Waals surface area contributed by atoms with E-state index in [1.54, 1.807) is 0 Å². The fraction of sp³-hybridized carbons (Fsp3) is 0.308. The van der Waals surface area contributed by atoms with Gasteiger partial charge in [-0.1, -0.05) is 37.6 Å². The highest BCUT2D eigenvalue weighted by Crippen LogP contribution is 2.51. The number of fused-ring (bicyclic) bond motifs is 1. The first-order valence-corrected chi connectivity index (χ1v) is 11.2. The number of nitrogens with zero attached hydrogens (tertiary/aromatic N) is 2. The van der Waals surface area contributed by atoms with Crippen LogP contribution in [0.2, 0.25) is 5.02 Å². The van der Waals surface area contributed by atoms with Crippen LogP contribution in [-0.4, -0.2) is 12.6 Å². The average molecular weight is 462 g/mol. The minimum absolute atomic E-state index is 0.0221. The highest BCUT2D eigenvalue weighted by atomic mass is 35.5. The third-order valence-electron chi connectivity index (χ3n) is 6.59. The summed E-state index contributed by atoms with van der Waals surface area (Å²) in [4.78, 5) is 15.5. The van der Waals surface area contributed by atoms with Crippen LogP contribution in [0.5, 0.6) is 11.5 Å². The van der Waals surface area contributed by atoms with Crippen molar-refractivity contribution in [2.24, 2.45) is 11.1 Å². The van der Waals surface area contributed by atoms with Gasteiger partial charge in [0.2, 0.25) is 6.79 Å². The van der Waals surface area contributed by atoms with Gasteiger partial charge >= 0.3 is 0 Å². The van der Waals surface area contributed by atoms with E-state index in [0.29, 0.717) is 46.3 Å². The van der Waals surface area contributed by atoms with Crippen molar-refractivity contribution in [3.8, 4) is 17.6 Å². The molecule has 2 aromatic carbocycles. The van der Waals surface area contributed by atoms with Crippen molar-refractivity contribution in [1.29, 1.82) is 5.26 Å². The highest BCUT2D eigenvalue weighted by Gasteiger charge is 2.45. The molecule has 0 bridgehead atoms. The summed E-state index contributed by atoms with van der Waals surface area (Å²) >= 11 is 6.43. The maximum atomic E-state index is 13.6. The molecular weight excluding hydrogens is 438 g/mol. The van der Waals surface area contributed by atoms with Crippen molar-refractivity contribution >= 4 is 23.1 Å². The molecule has 33 heavy (non-hydrogen) atoms. The number of hydrogen-bond acceptors (Lipinski definition) is 6. The number of anilines is 1. The molecule has 7 heteroatoms. The number of carbonyl (C=O) groups excluding carboxylic acids is 1. The first kappa shape index (κ1) is 21.4. The Morgan fingerprint density at radius 1 is 1.18 bits per heavy atom. The van der Waals surface area contributed by atoms with Gasteiger partial charge in [-0.2, -0.15) is 5.26 Å². The van der Waals surface area contributed by atoms with Gasteiger partial charge in [-0.05, 0) is 54.2 Å². The number of ketones is 1. The van der Waals surface area contributed by atoms with Crippen LogP contribution < -0.4 is 20.1 Å². The molecule has 3 aliphatic rings. The Morgan fingerprint density at radius 3 is 2.70 bits per heavy atom. The molecule has 2 aliphatic heterocycles. The number of allylic oxidation sites excluding steroid dienone is 3. The highest BCUT2D eigenvalue weighted by molar-refractivity contribution is 6.31. The second kappa shape index (κ2) is 7.57. The lowest BCUT2D eigenvalue weighted by atomic mass is 9.68. The zero-order chi connectivity index (χ0) is 23.5. The second-order valence-corrected chi connectivity index (χ2v) is 9.88. The SMILES string of the molecule is Cc1c(Cl)cccc1N1C(N)=C(C#N)[C@H](c2ccc3c(c2)OCO3)C2=C1CC(C)(C)CC2=O. The molecule has 0 fully saturated rings. The topological polar surface area (TPSA) is 88.6 Å². The second-order valence-electron chi connectivity index (χ2n) is 9.48. The van der Waals surface area contributed by atoms with E-state index < -0.39 is 5.92 Å². The molecule has 5 rings (SSSR count). The summed E-state index contributed by atoms with van der Waals surface area (Å²) in [5.41, 5.74) is 10.6. The van der Waals surface area contributed by atoms with Crippen LogP contribution in [0.1, 0.15) is 43.7 Å². The maximum absolute atomic E-state index is 13.6. The van der Waals surface area contributed by atoms with Crippen LogP contribution in [0.4, 0.5) is 5.69 Å². The minimum Gasteiger partial charge on any atom is -0.454 e. The summed E-state index contributed by atoms with van der Waals surface area (Å²) in [5.74, 6) is 1.01. The van der Waals surface area contributed by atoms with Crippen molar-refractivity contribution in [2.75, 3.05) is 11.7 Å². The van der Waals surface area contributed by atoms with Crippen LogP contribution >= 0.6 is 11.6 Å². The number of carbonyl (C=O) groups is 1. The zero-order valence-electron chi connectivity index (χ0n) is 18.7. The lowest BCUT2D eigenvalue weighted by Gasteiger charge is -2.44. The van der Waals surface area contributed by atoms with E-state index in [2.05, 4.69) is 19.9 Å². The van der Waals surface area contributed by atoms with Crippen molar-refractivity contribution in [3.63, 3.8) is 0 Å². The Bertz CT molecular complexity index is 1300. The Hall–Kier alpha value is -3.43. The van der Waals surface area contributed by atoms with Gasteiger partial charge in [-0.25, -0.2) is 0 Å². The van der Waals surface area contributed by atoms with Crippen molar-refractivity contribution in [2.45, 2.75) is 39.5 Å². The van der Waals surface area contributed by atoms with Gasteiger partial charge in [-0.3, -0.25) is 9.69 Å². The van der Waals surface area contributed by atoms with E-state index in [4.69, 9.17) is 26.8 Å². The third-order valence-corrected chi connectivity index (χ3v) is 7.00. The molecule has 0 spiro atoms. The van der Waals surface area contributed by atoms with Crippen molar-refractivity contribution < 1.29 is 14.3 Å². The number of hydrogen-bond donors (Lipinski definition) is 1. The van der Waals surface area contributed by atoms with Crippen molar-refractivity contribution in [1.82, 2.24) is 0 Å². The van der Waals surface area contributed by atoms with Crippen LogP contribution in [0.3, 0.4) is 0 Å². The fourth-order valence-electron chi connectivity index (χ4n) is 5.05. The minimum atomic E-state index is -0.571. The molecule has 1 atom stereocenters. The molecule has 0 radical (unpaired) electrons. The molecule has 6 nitrogen and oxygen atoms in total. The van der Waals surface area contributed by atoms with Gasteiger partial charge in [0.05, 0.1) is 23.2 Å². The smallest absolute Gasteiger partial charge is 0.231 e. The molecule has 168 valence electrons. The van der Waals surface area contributed by atoms with Gasteiger partial charge in [0.15, 0.2) is 17.3 Å². The van der Waals surface area contributed by atoms with Crippen LogP contribution in [0.15, 0.2) is 59.1 Å². The number of rotatable bonds is 2. The molecule has 0 aromatic heterocycles. The Labute approximate surface area is 197 Å². The van der Waals surface area contributed by atoms with Crippen LogP contribution in [0, 0.1) is 23.7 Å². The number of Topliss-reactive ketones (excluding diaryl/α,β-unsaturated/α-hetero) is 1. The van der Waals surface area contributed by atoms with Gasteiger partial charge < -0.3 is 15.2 Å². The summed E-state index contributed by atoms with van der Waals surface area (Å²) in [6.45, 7) is 6.21. The van der Waals surface area contributed by atoms with Gasteiger partial charge in [0, 0.05) is 22.7 Å². The summed E-state index contributed by atoms with van der Waals surface area (Å²) in [7, 11) is 0. The van der Waals surface area contributed by atoms with E-state index in [0.717, 1.165) is 22.5 Å². The van der Waals surface area contributed by atoms with Gasteiger partial charge in [0.1, 0.15) is 5.82 Å². The Morgan fingerprint density at radius 2 is 1.94 bits per heavy atom. The number of nitriles is 1. The molecule has 2 N–H and O–H groups in total. The number of ether oxygens (including phenoxy) is 2. The average Bonchev–Trinajstić information content (AvgIpc) is 3.22. The molecule has 2 heterocycles. The lowest BCUT2D eigenvalue weighted by Crippen LogP contribution is -2.42. The summed E-state index contributed by atoms with van der Waals surface area (Å²) in [6.07, 6.45) is 1.04. The van der Waals surface area contributed by atoms with Crippen LogP contribution in [-0.2, 0) is 4.79 Å². The first-order valence-electron chi connectivity index (χ1n) is 10.8. The lowest BCUT2D eigenvalue weighted by molar-refractivity contribution is -0.118. The zero-order valence-corrected chi connectivity index (χ0v) is 19.5. The predicted molar refractivity (Wildman–Crippen MR) is 126 cm³/mol. The normalized spacial score (nSPS) is 21.2. The number of halogens is 1. The fourth-order valence-corrected chi connectivity index (χ4v) is 5.22. The van der Waals surface area contributed by atoms with E-state index >= 15 is 0 Å². The molecule has 0 amide bonds. The van der Waals surface area contributed by atoms with E-state index in [9.17, 15) is 10.1 Å². The molecule has 0 unspecified atom stereocenters. The van der Waals surface area contributed by atoms with Gasteiger partial charge in [0.25, 0.3) is 0 Å². The maximum Gasteiger partial charge on any atom is 0.231 e. The number of benzene rings is 2. The summed E-state index contributed by atoms with van der Waals surface area (Å²) in [5, 5.41) is 10.8. The molecular formula is C26H24ClN3O3. The van der Waals surface area contributed by atoms with Crippen molar-refractivity contribution in [3.05, 3.63) is 75.2 Å². The third kappa shape index (κ3) is 3.35. The molecule has 2 aromatic rings. The Kier molecular flexibility index (Phi) is 4.91. The summed E-state index contributed by atoms with van der Waals surface area (Å²) in [6, 6.07) is 13.4. The van der Waals surface area contributed by atoms with E-state index in [-0.39, 0.29) is 18.0 Å². The monoisotopic (exact) mass is 461 g/mol.